The molecule has 316 valence electrons. The van der Waals surface area contributed by atoms with E-state index < -0.39 is 12.1 Å². The van der Waals surface area contributed by atoms with E-state index >= 15 is 0 Å². The second-order valence-electron chi connectivity index (χ2n) is 14.2. The highest BCUT2D eigenvalue weighted by Crippen LogP contribution is 2.12. The van der Waals surface area contributed by atoms with E-state index in [2.05, 4.69) is 106 Å². The van der Waals surface area contributed by atoms with Crippen molar-refractivity contribution in [3.05, 3.63) is 97.2 Å². The van der Waals surface area contributed by atoms with Gasteiger partial charge in [-0.15, -0.1) is 0 Å². The van der Waals surface area contributed by atoms with Crippen molar-refractivity contribution in [1.29, 1.82) is 0 Å². The standard InChI is InChI=1S/C50H80O6/c1-4-7-10-13-16-19-21-23-25-27-29-31-34-37-40-43-49(52)55-46-47(45-54-48(51)42-39-36-33-18-15-12-9-6-3)56-50(53)44-41-38-35-32-30-28-26-24-22-20-17-14-11-8-5-2/h7-8,10-11,16-17,19-20,23-26,29,31,37,40,47H,4-6,9,12-15,18,21-22,27-28,30,32-36,38-39,41-46H2,1-3H3/b10-7-,11-8-,19-16-,20-17-,25-23-,26-24-,31-29-,40-37-. The number of ether oxygens (including phenoxy) is 3. The lowest BCUT2D eigenvalue weighted by Crippen LogP contribution is -2.30. The summed E-state index contributed by atoms with van der Waals surface area (Å²) in [4.78, 5) is 37.6. The summed E-state index contributed by atoms with van der Waals surface area (Å²) in [6.07, 6.45) is 57.0. The molecule has 0 rings (SSSR count). The fourth-order valence-electron chi connectivity index (χ4n) is 5.59. The molecule has 1 atom stereocenters. The van der Waals surface area contributed by atoms with Gasteiger partial charge >= 0.3 is 17.9 Å². The van der Waals surface area contributed by atoms with E-state index in [0.29, 0.717) is 6.42 Å². The Morgan fingerprint density at radius 2 is 0.768 bits per heavy atom. The average molecular weight is 777 g/mol. The number of allylic oxidation sites excluding steroid dienone is 15. The van der Waals surface area contributed by atoms with Crippen LogP contribution in [0.25, 0.3) is 0 Å². The van der Waals surface area contributed by atoms with Crippen molar-refractivity contribution in [3.63, 3.8) is 0 Å². The van der Waals surface area contributed by atoms with Crippen LogP contribution in [0.15, 0.2) is 97.2 Å². The third-order valence-corrected chi connectivity index (χ3v) is 8.87. The van der Waals surface area contributed by atoms with E-state index in [9.17, 15) is 14.4 Å². The summed E-state index contributed by atoms with van der Waals surface area (Å²) in [6.45, 7) is 6.24. The number of rotatable bonds is 38. The van der Waals surface area contributed by atoms with Gasteiger partial charge in [0.15, 0.2) is 6.10 Å². The van der Waals surface area contributed by atoms with Crippen LogP contribution >= 0.6 is 0 Å². The first-order chi connectivity index (χ1) is 27.5. The maximum absolute atomic E-state index is 12.7. The van der Waals surface area contributed by atoms with Gasteiger partial charge in [-0.1, -0.05) is 182 Å². The molecule has 0 aromatic heterocycles. The molecule has 0 aromatic carbocycles. The Bertz CT molecular complexity index is 1170. The summed E-state index contributed by atoms with van der Waals surface area (Å²) in [5.74, 6) is -1.08. The Kier molecular flexibility index (Phi) is 41.2. The zero-order valence-electron chi connectivity index (χ0n) is 35.9. The topological polar surface area (TPSA) is 78.9 Å². The molecule has 0 saturated heterocycles. The third kappa shape index (κ3) is 41.5. The number of hydrogen-bond acceptors (Lipinski definition) is 6. The molecule has 0 aromatic rings. The van der Waals surface area contributed by atoms with Crippen molar-refractivity contribution < 1.29 is 28.6 Å². The largest absolute Gasteiger partial charge is 0.462 e. The number of esters is 3. The van der Waals surface area contributed by atoms with Crippen LogP contribution in [0, 0.1) is 0 Å². The Labute approximate surface area is 343 Å². The van der Waals surface area contributed by atoms with Crippen molar-refractivity contribution >= 4 is 17.9 Å². The highest BCUT2D eigenvalue weighted by molar-refractivity contribution is 5.72. The monoisotopic (exact) mass is 777 g/mol. The first-order valence-electron chi connectivity index (χ1n) is 22.2. The van der Waals surface area contributed by atoms with Crippen LogP contribution in [0.2, 0.25) is 0 Å². The fraction of sp³-hybridized carbons (Fsp3) is 0.620. The van der Waals surface area contributed by atoms with Crippen LogP contribution in [-0.4, -0.2) is 37.2 Å². The molecule has 0 radical (unpaired) electrons. The summed E-state index contributed by atoms with van der Waals surface area (Å²) < 4.78 is 16.5. The Morgan fingerprint density at radius 3 is 1.25 bits per heavy atom. The normalized spacial score (nSPS) is 13.0. The molecule has 0 aliphatic carbocycles. The summed E-state index contributed by atoms with van der Waals surface area (Å²) in [6, 6.07) is 0. The highest BCUT2D eigenvalue weighted by atomic mass is 16.6. The molecule has 6 nitrogen and oxygen atoms in total. The van der Waals surface area contributed by atoms with Crippen molar-refractivity contribution in [2.45, 2.75) is 187 Å². The van der Waals surface area contributed by atoms with Crippen molar-refractivity contribution in [3.8, 4) is 0 Å². The number of unbranched alkanes of at least 4 members (excludes halogenated alkanes) is 12. The van der Waals surface area contributed by atoms with Crippen molar-refractivity contribution in [2.24, 2.45) is 0 Å². The maximum Gasteiger partial charge on any atom is 0.309 e. The fourth-order valence-corrected chi connectivity index (χ4v) is 5.59. The molecule has 1 unspecified atom stereocenters. The van der Waals surface area contributed by atoms with Gasteiger partial charge in [0.1, 0.15) is 13.2 Å². The summed E-state index contributed by atoms with van der Waals surface area (Å²) in [5, 5.41) is 0. The second kappa shape index (κ2) is 44.0. The minimum Gasteiger partial charge on any atom is -0.462 e. The molecule has 0 saturated carbocycles. The van der Waals surface area contributed by atoms with Crippen LogP contribution in [-0.2, 0) is 28.6 Å². The van der Waals surface area contributed by atoms with Gasteiger partial charge in [0.2, 0.25) is 0 Å². The van der Waals surface area contributed by atoms with Gasteiger partial charge < -0.3 is 14.2 Å². The van der Waals surface area contributed by atoms with E-state index in [-0.39, 0.29) is 38.0 Å². The van der Waals surface area contributed by atoms with Gasteiger partial charge in [-0.2, -0.15) is 0 Å². The molecule has 0 bridgehead atoms. The van der Waals surface area contributed by atoms with Gasteiger partial charge in [0.25, 0.3) is 0 Å². The van der Waals surface area contributed by atoms with Crippen LogP contribution < -0.4 is 0 Å². The SMILES string of the molecule is CC/C=C\C/C=C\C/C=C\C/C=C\C/C=C\CC(=O)OCC(COC(=O)CCCCCCCCCC)OC(=O)CCCCCCC/C=C\C/C=C\C/C=C\CC. The second-order valence-corrected chi connectivity index (χ2v) is 14.2. The zero-order valence-corrected chi connectivity index (χ0v) is 35.9. The molecule has 0 spiro atoms. The van der Waals surface area contributed by atoms with Crippen LogP contribution in [0.4, 0.5) is 0 Å². The Hall–Kier alpha value is -3.67. The van der Waals surface area contributed by atoms with Crippen LogP contribution in [0.3, 0.4) is 0 Å². The van der Waals surface area contributed by atoms with Gasteiger partial charge in [0.05, 0.1) is 6.42 Å². The van der Waals surface area contributed by atoms with E-state index in [1.807, 2.05) is 6.08 Å². The van der Waals surface area contributed by atoms with E-state index in [0.717, 1.165) is 109 Å². The molecule has 0 aliphatic heterocycles. The minimum atomic E-state index is -0.822. The lowest BCUT2D eigenvalue weighted by molar-refractivity contribution is -0.166. The van der Waals surface area contributed by atoms with E-state index in [1.54, 1.807) is 6.08 Å². The molecule has 0 heterocycles. The Morgan fingerprint density at radius 1 is 0.393 bits per heavy atom. The van der Waals surface area contributed by atoms with E-state index in [1.165, 1.54) is 32.1 Å². The summed E-state index contributed by atoms with van der Waals surface area (Å²) in [5.41, 5.74) is 0. The lowest BCUT2D eigenvalue weighted by Gasteiger charge is -2.18. The van der Waals surface area contributed by atoms with Crippen LogP contribution in [0.5, 0.6) is 0 Å². The molecule has 0 amide bonds. The Balaban J connectivity index is 4.53. The van der Waals surface area contributed by atoms with Gasteiger partial charge in [0, 0.05) is 12.8 Å². The molecule has 0 N–H and O–H groups in total. The zero-order chi connectivity index (χ0) is 40.8. The first kappa shape index (κ1) is 52.3. The summed E-state index contributed by atoms with van der Waals surface area (Å²) >= 11 is 0. The van der Waals surface area contributed by atoms with Crippen LogP contribution in [0.1, 0.15) is 181 Å². The van der Waals surface area contributed by atoms with Crippen molar-refractivity contribution in [2.75, 3.05) is 13.2 Å². The van der Waals surface area contributed by atoms with Gasteiger partial charge in [-0.3, -0.25) is 14.4 Å². The molecule has 56 heavy (non-hydrogen) atoms. The van der Waals surface area contributed by atoms with Gasteiger partial charge in [-0.25, -0.2) is 0 Å². The van der Waals surface area contributed by atoms with Crippen molar-refractivity contribution in [1.82, 2.24) is 0 Å². The third-order valence-electron chi connectivity index (χ3n) is 8.87. The molecular formula is C50H80O6. The predicted molar refractivity (Wildman–Crippen MR) is 237 cm³/mol. The minimum absolute atomic E-state index is 0.115. The van der Waals surface area contributed by atoms with E-state index in [4.69, 9.17) is 14.2 Å². The number of hydrogen-bond donors (Lipinski definition) is 0. The summed E-state index contributed by atoms with van der Waals surface area (Å²) in [7, 11) is 0. The highest BCUT2D eigenvalue weighted by Gasteiger charge is 2.19. The molecule has 6 heteroatoms. The lowest BCUT2D eigenvalue weighted by atomic mass is 10.1. The molecule has 0 fully saturated rings. The smallest absolute Gasteiger partial charge is 0.309 e. The molecule has 0 aliphatic rings. The number of carbonyl (C=O) groups excluding carboxylic acids is 3. The maximum atomic E-state index is 12.7. The predicted octanol–water partition coefficient (Wildman–Crippen LogP) is 14.2. The molecular weight excluding hydrogens is 697 g/mol. The first-order valence-corrected chi connectivity index (χ1v) is 22.2. The quantitative estimate of drug-likeness (QED) is 0.0269. The van der Waals surface area contributed by atoms with Gasteiger partial charge in [-0.05, 0) is 77.0 Å². The average Bonchev–Trinajstić information content (AvgIpc) is 3.19. The number of carbonyl (C=O) groups is 3.